The zero-order valence-electron chi connectivity index (χ0n) is 10.5. The molecule has 1 fully saturated rings. The van der Waals surface area contributed by atoms with Gasteiger partial charge >= 0.3 is 5.69 Å². The number of nitrogens with two attached hydrogens (primary N) is 1. The van der Waals surface area contributed by atoms with E-state index in [1.807, 2.05) is 0 Å². The lowest BCUT2D eigenvalue weighted by Gasteiger charge is -2.40. The van der Waals surface area contributed by atoms with Crippen LogP contribution in [0.2, 0.25) is 0 Å². The molecular formula is C10H16N6O2S. The first-order chi connectivity index (χ1) is 9.12. The maximum Gasteiger partial charge on any atom is 0.354 e. The van der Waals surface area contributed by atoms with Crippen molar-refractivity contribution in [3.63, 3.8) is 0 Å². The second kappa shape index (κ2) is 5.57. The number of thioether (sulfide) groups is 1. The largest absolute Gasteiger partial charge is 0.363 e. The molecule has 9 heteroatoms. The standard InChI is InChI=1S/C10H16N6O2S/c1-19-10(3-2-4-10)5-12-8-7(16(17)18)9(15-11)14-6-13-8/h6H,2-5,11H2,1H3,(H2,12,13,14,15). The van der Waals surface area contributed by atoms with E-state index in [0.717, 1.165) is 12.8 Å². The highest BCUT2D eigenvalue weighted by Gasteiger charge is 2.36. The lowest BCUT2D eigenvalue weighted by Crippen LogP contribution is -2.40. The van der Waals surface area contributed by atoms with Crippen LogP contribution in [0.3, 0.4) is 0 Å². The topological polar surface area (TPSA) is 119 Å². The Labute approximate surface area is 114 Å². The summed E-state index contributed by atoms with van der Waals surface area (Å²) in [7, 11) is 0. The van der Waals surface area contributed by atoms with Crippen molar-refractivity contribution in [3.8, 4) is 0 Å². The minimum Gasteiger partial charge on any atom is -0.363 e. The molecule has 1 aromatic heterocycles. The Hall–Kier alpha value is -1.61. The molecule has 0 aromatic carbocycles. The van der Waals surface area contributed by atoms with Crippen LogP contribution in [0.25, 0.3) is 0 Å². The van der Waals surface area contributed by atoms with Crippen molar-refractivity contribution in [2.45, 2.75) is 24.0 Å². The summed E-state index contributed by atoms with van der Waals surface area (Å²) in [6.45, 7) is 0.649. The average molecular weight is 284 g/mol. The van der Waals surface area contributed by atoms with Gasteiger partial charge in [0.15, 0.2) is 0 Å². The number of nitrogens with one attached hydrogen (secondary N) is 2. The molecule has 1 aliphatic rings. The van der Waals surface area contributed by atoms with Gasteiger partial charge in [-0.3, -0.25) is 10.1 Å². The minimum absolute atomic E-state index is 0.00862. The van der Waals surface area contributed by atoms with E-state index in [0.29, 0.717) is 6.54 Å². The molecule has 0 aliphatic heterocycles. The highest BCUT2D eigenvalue weighted by Crippen LogP contribution is 2.43. The van der Waals surface area contributed by atoms with E-state index in [9.17, 15) is 10.1 Å². The van der Waals surface area contributed by atoms with Crippen LogP contribution in [-0.2, 0) is 0 Å². The van der Waals surface area contributed by atoms with Crippen LogP contribution < -0.4 is 16.6 Å². The number of nitrogen functional groups attached to an aromatic ring is 1. The summed E-state index contributed by atoms with van der Waals surface area (Å²) in [5.41, 5.74) is 2.00. The van der Waals surface area contributed by atoms with E-state index >= 15 is 0 Å². The summed E-state index contributed by atoms with van der Waals surface area (Å²) < 4.78 is 0.162. The molecule has 8 nitrogen and oxygen atoms in total. The smallest absolute Gasteiger partial charge is 0.354 e. The summed E-state index contributed by atoms with van der Waals surface area (Å²) in [6, 6.07) is 0. The van der Waals surface area contributed by atoms with Crippen molar-refractivity contribution in [1.29, 1.82) is 0 Å². The predicted octanol–water partition coefficient (Wildman–Crippen LogP) is 1.37. The molecule has 0 unspecified atom stereocenters. The molecule has 1 aliphatic carbocycles. The number of rotatable bonds is 6. The van der Waals surface area contributed by atoms with E-state index in [1.165, 1.54) is 12.7 Å². The molecule has 0 amide bonds. The van der Waals surface area contributed by atoms with Crippen LogP contribution in [0.5, 0.6) is 0 Å². The third-order valence-corrected chi connectivity index (χ3v) is 4.84. The number of nitro groups is 1. The number of nitrogens with zero attached hydrogens (tertiary/aromatic N) is 3. The van der Waals surface area contributed by atoms with Crippen molar-refractivity contribution in [1.82, 2.24) is 9.97 Å². The molecule has 0 bridgehead atoms. The van der Waals surface area contributed by atoms with Gasteiger partial charge in [-0.2, -0.15) is 11.8 Å². The third kappa shape index (κ3) is 2.71. The molecule has 1 heterocycles. The van der Waals surface area contributed by atoms with Gasteiger partial charge in [-0.25, -0.2) is 15.8 Å². The Morgan fingerprint density at radius 2 is 2.21 bits per heavy atom. The van der Waals surface area contributed by atoms with Crippen LogP contribution >= 0.6 is 11.8 Å². The van der Waals surface area contributed by atoms with Crippen LogP contribution in [0.4, 0.5) is 17.3 Å². The van der Waals surface area contributed by atoms with E-state index in [2.05, 4.69) is 27.0 Å². The quantitative estimate of drug-likeness (QED) is 0.407. The highest BCUT2D eigenvalue weighted by molar-refractivity contribution is 8.00. The lowest BCUT2D eigenvalue weighted by atomic mass is 9.84. The number of hydrogen-bond donors (Lipinski definition) is 3. The monoisotopic (exact) mass is 284 g/mol. The van der Waals surface area contributed by atoms with Gasteiger partial charge in [0.25, 0.3) is 0 Å². The Kier molecular flexibility index (Phi) is 4.05. The number of aromatic nitrogens is 2. The molecule has 104 valence electrons. The van der Waals surface area contributed by atoms with Crippen LogP contribution in [0.15, 0.2) is 6.33 Å². The number of hydrogen-bond acceptors (Lipinski definition) is 8. The Bertz CT molecular complexity index is 474. The van der Waals surface area contributed by atoms with Crippen molar-refractivity contribution < 1.29 is 4.92 Å². The Morgan fingerprint density at radius 3 is 2.68 bits per heavy atom. The summed E-state index contributed by atoms with van der Waals surface area (Å²) in [5, 5.41) is 14.1. The van der Waals surface area contributed by atoms with Gasteiger partial charge in [0, 0.05) is 11.3 Å². The SMILES string of the molecule is CSC1(CNc2ncnc(NN)c2[N+](=O)[O-])CCC1. The van der Waals surface area contributed by atoms with Crippen molar-refractivity contribution in [2.24, 2.45) is 5.84 Å². The van der Waals surface area contributed by atoms with E-state index in [1.54, 1.807) is 11.8 Å². The first-order valence-corrected chi connectivity index (χ1v) is 7.09. The molecule has 1 saturated carbocycles. The average Bonchev–Trinajstić information content (AvgIpc) is 2.37. The summed E-state index contributed by atoms with van der Waals surface area (Å²) >= 11 is 1.79. The van der Waals surface area contributed by atoms with Gasteiger partial charge in [0.1, 0.15) is 6.33 Å². The second-order valence-electron chi connectivity index (χ2n) is 4.42. The van der Waals surface area contributed by atoms with Gasteiger partial charge in [0.2, 0.25) is 11.6 Å². The van der Waals surface area contributed by atoms with Gasteiger partial charge in [-0.1, -0.05) is 6.42 Å². The minimum atomic E-state index is -0.538. The zero-order valence-corrected chi connectivity index (χ0v) is 11.4. The molecule has 0 saturated heterocycles. The van der Waals surface area contributed by atoms with E-state index < -0.39 is 4.92 Å². The van der Waals surface area contributed by atoms with Crippen molar-refractivity contribution in [2.75, 3.05) is 23.5 Å². The molecule has 0 radical (unpaired) electrons. The zero-order chi connectivity index (χ0) is 13.9. The van der Waals surface area contributed by atoms with Crippen molar-refractivity contribution >= 4 is 29.1 Å². The van der Waals surface area contributed by atoms with Gasteiger partial charge < -0.3 is 10.7 Å². The fraction of sp³-hybridized carbons (Fsp3) is 0.600. The van der Waals surface area contributed by atoms with Crippen LogP contribution in [0, 0.1) is 10.1 Å². The maximum atomic E-state index is 11.1. The van der Waals surface area contributed by atoms with E-state index in [-0.39, 0.29) is 22.1 Å². The normalized spacial score (nSPS) is 16.5. The molecule has 1 aromatic rings. The summed E-state index contributed by atoms with van der Waals surface area (Å²) in [6.07, 6.45) is 6.73. The molecule has 0 spiro atoms. The molecule has 2 rings (SSSR count). The maximum absolute atomic E-state index is 11.1. The first kappa shape index (κ1) is 13.8. The van der Waals surface area contributed by atoms with Gasteiger partial charge in [-0.15, -0.1) is 0 Å². The number of hydrazine groups is 1. The predicted molar refractivity (Wildman–Crippen MR) is 75.1 cm³/mol. The van der Waals surface area contributed by atoms with Gasteiger partial charge in [-0.05, 0) is 19.1 Å². The number of anilines is 2. The van der Waals surface area contributed by atoms with Crippen LogP contribution in [0.1, 0.15) is 19.3 Å². The lowest BCUT2D eigenvalue weighted by molar-refractivity contribution is -0.383. The highest BCUT2D eigenvalue weighted by atomic mass is 32.2. The Morgan fingerprint density at radius 1 is 1.53 bits per heavy atom. The summed E-state index contributed by atoms with van der Waals surface area (Å²) in [4.78, 5) is 18.2. The molecular weight excluding hydrogens is 268 g/mol. The summed E-state index contributed by atoms with van der Waals surface area (Å²) in [5.74, 6) is 5.44. The van der Waals surface area contributed by atoms with Crippen molar-refractivity contribution in [3.05, 3.63) is 16.4 Å². The molecule has 0 atom stereocenters. The molecule has 19 heavy (non-hydrogen) atoms. The first-order valence-electron chi connectivity index (χ1n) is 5.87. The fourth-order valence-electron chi connectivity index (χ4n) is 2.06. The van der Waals surface area contributed by atoms with E-state index in [4.69, 9.17) is 5.84 Å². The fourth-order valence-corrected chi connectivity index (χ4v) is 2.97. The Balaban J connectivity index is 2.18. The molecule has 4 N–H and O–H groups in total. The van der Waals surface area contributed by atoms with Crippen LogP contribution in [-0.4, -0.2) is 32.4 Å². The third-order valence-electron chi connectivity index (χ3n) is 3.42. The second-order valence-corrected chi connectivity index (χ2v) is 5.69. The van der Waals surface area contributed by atoms with Gasteiger partial charge in [0.05, 0.1) is 4.92 Å².